The van der Waals surface area contributed by atoms with Gasteiger partial charge >= 0.3 is 17.6 Å². The van der Waals surface area contributed by atoms with Crippen LogP contribution in [0.1, 0.15) is 40.4 Å². The molecule has 1 aromatic heterocycles. The zero-order valence-electron chi connectivity index (χ0n) is 16.6. The number of carbonyl (C=O) groups is 2. The number of carbonyl (C=O) groups excluding carboxylic acids is 2. The van der Waals surface area contributed by atoms with Gasteiger partial charge in [0, 0.05) is 23.9 Å². The Kier molecular flexibility index (Phi) is 6.12. The molecule has 0 amide bonds. The van der Waals surface area contributed by atoms with Crippen LogP contribution in [-0.2, 0) is 16.0 Å². The van der Waals surface area contributed by atoms with Crippen molar-refractivity contribution in [3.05, 3.63) is 75.1 Å². The lowest BCUT2D eigenvalue weighted by atomic mass is 10.0. The molecule has 0 aliphatic rings. The Labute approximate surface area is 168 Å². The van der Waals surface area contributed by atoms with Crippen LogP contribution in [0.25, 0.3) is 11.0 Å². The summed E-state index contributed by atoms with van der Waals surface area (Å²) in [7, 11) is 0. The number of benzene rings is 2. The molecule has 0 aliphatic heterocycles. The second kappa shape index (κ2) is 8.73. The van der Waals surface area contributed by atoms with Gasteiger partial charge in [0.25, 0.3) is 0 Å². The molecule has 0 N–H and O–H groups in total. The van der Waals surface area contributed by atoms with Gasteiger partial charge in [-0.1, -0.05) is 17.7 Å². The van der Waals surface area contributed by atoms with Crippen molar-refractivity contribution < 1.29 is 23.5 Å². The maximum Gasteiger partial charge on any atom is 0.343 e. The highest BCUT2D eigenvalue weighted by Crippen LogP contribution is 2.29. The minimum absolute atomic E-state index is 0.143. The van der Waals surface area contributed by atoms with Gasteiger partial charge in [-0.05, 0) is 56.5 Å². The quantitative estimate of drug-likeness (QED) is 0.355. The molecule has 0 fully saturated rings. The SMILES string of the molecule is CCOC(=O)CCc1cc2c(C)cc(=O)oc2cc1OC(=O)c1ccc(C)cc1. The Bertz CT molecular complexity index is 1110. The van der Waals surface area contributed by atoms with Crippen LogP contribution < -0.4 is 10.4 Å². The Balaban J connectivity index is 1.98. The van der Waals surface area contributed by atoms with Crippen LogP contribution >= 0.6 is 0 Å². The van der Waals surface area contributed by atoms with E-state index in [1.165, 1.54) is 12.1 Å². The largest absolute Gasteiger partial charge is 0.466 e. The standard InChI is InChI=1S/C23H22O6/c1-4-27-21(24)10-9-17-12-18-15(3)11-22(25)28-20(18)13-19(17)29-23(26)16-7-5-14(2)6-8-16/h5-8,11-13H,4,9-10H2,1-3H3. The summed E-state index contributed by atoms with van der Waals surface area (Å²) in [5.74, 6) is -0.613. The summed E-state index contributed by atoms with van der Waals surface area (Å²) >= 11 is 0. The summed E-state index contributed by atoms with van der Waals surface area (Å²) in [4.78, 5) is 36.1. The van der Waals surface area contributed by atoms with Gasteiger partial charge in [-0.3, -0.25) is 4.79 Å². The number of rotatable bonds is 6. The van der Waals surface area contributed by atoms with Crippen molar-refractivity contribution in [1.29, 1.82) is 0 Å². The van der Waals surface area contributed by atoms with E-state index >= 15 is 0 Å². The molecule has 0 saturated carbocycles. The number of esters is 2. The molecule has 2 aromatic carbocycles. The highest BCUT2D eigenvalue weighted by atomic mass is 16.5. The number of hydrogen-bond donors (Lipinski definition) is 0. The van der Waals surface area contributed by atoms with Crippen LogP contribution in [0.2, 0.25) is 0 Å². The first-order valence-electron chi connectivity index (χ1n) is 9.39. The lowest BCUT2D eigenvalue weighted by Crippen LogP contribution is -2.11. The van der Waals surface area contributed by atoms with Gasteiger partial charge in [-0.25, -0.2) is 9.59 Å². The highest BCUT2D eigenvalue weighted by Gasteiger charge is 2.16. The van der Waals surface area contributed by atoms with E-state index in [1.54, 1.807) is 32.0 Å². The van der Waals surface area contributed by atoms with Crippen LogP contribution in [0.4, 0.5) is 0 Å². The van der Waals surface area contributed by atoms with Gasteiger partial charge in [0.1, 0.15) is 11.3 Å². The lowest BCUT2D eigenvalue weighted by Gasteiger charge is -2.12. The lowest BCUT2D eigenvalue weighted by molar-refractivity contribution is -0.143. The maximum atomic E-state index is 12.6. The zero-order chi connectivity index (χ0) is 21.0. The number of fused-ring (bicyclic) bond motifs is 1. The summed E-state index contributed by atoms with van der Waals surface area (Å²) in [6.07, 6.45) is 0.466. The van der Waals surface area contributed by atoms with Gasteiger partial charge in [0.15, 0.2) is 0 Å². The first-order chi connectivity index (χ1) is 13.9. The minimum atomic E-state index is -0.531. The van der Waals surface area contributed by atoms with E-state index in [2.05, 4.69) is 0 Å². The third-order valence-corrected chi connectivity index (χ3v) is 4.53. The van der Waals surface area contributed by atoms with Crippen molar-refractivity contribution >= 4 is 22.9 Å². The smallest absolute Gasteiger partial charge is 0.343 e. The van der Waals surface area contributed by atoms with Crippen molar-refractivity contribution in [2.24, 2.45) is 0 Å². The fourth-order valence-electron chi connectivity index (χ4n) is 3.00. The molecule has 0 aliphatic carbocycles. The van der Waals surface area contributed by atoms with Gasteiger partial charge < -0.3 is 13.9 Å². The molecule has 0 radical (unpaired) electrons. The molecule has 0 unspecified atom stereocenters. The zero-order valence-corrected chi connectivity index (χ0v) is 16.6. The topological polar surface area (TPSA) is 82.8 Å². The predicted molar refractivity (Wildman–Crippen MR) is 108 cm³/mol. The predicted octanol–water partition coefficient (Wildman–Crippen LogP) is 4.12. The molecular formula is C23H22O6. The first kappa shape index (κ1) is 20.3. The third-order valence-electron chi connectivity index (χ3n) is 4.53. The molecule has 3 aromatic rings. The molecule has 29 heavy (non-hydrogen) atoms. The Morgan fingerprint density at radius 1 is 1.03 bits per heavy atom. The van der Waals surface area contributed by atoms with E-state index < -0.39 is 11.6 Å². The first-order valence-corrected chi connectivity index (χ1v) is 9.39. The Morgan fingerprint density at radius 2 is 1.76 bits per heavy atom. The third kappa shape index (κ3) is 4.90. The fraction of sp³-hybridized carbons (Fsp3) is 0.261. The molecule has 0 atom stereocenters. The van der Waals surface area contributed by atoms with Crippen molar-refractivity contribution in [1.82, 2.24) is 0 Å². The number of ether oxygens (including phenoxy) is 2. The van der Waals surface area contributed by atoms with Gasteiger partial charge in [-0.2, -0.15) is 0 Å². The summed E-state index contributed by atoms with van der Waals surface area (Å²) in [5, 5.41) is 0.721. The molecule has 6 heteroatoms. The fourth-order valence-corrected chi connectivity index (χ4v) is 3.00. The Morgan fingerprint density at radius 3 is 2.45 bits per heavy atom. The van der Waals surface area contributed by atoms with Crippen molar-refractivity contribution in [3.63, 3.8) is 0 Å². The number of aryl methyl sites for hydroxylation is 3. The summed E-state index contributed by atoms with van der Waals surface area (Å²) in [5.41, 5.74) is 2.66. The molecule has 0 bridgehead atoms. The van der Waals surface area contributed by atoms with E-state index in [9.17, 15) is 14.4 Å². The van der Waals surface area contributed by atoms with Crippen molar-refractivity contribution in [2.75, 3.05) is 6.61 Å². The molecule has 6 nitrogen and oxygen atoms in total. The van der Waals surface area contributed by atoms with Crippen LogP contribution in [0.5, 0.6) is 5.75 Å². The summed E-state index contributed by atoms with van der Waals surface area (Å²) in [6.45, 7) is 5.77. The van der Waals surface area contributed by atoms with Crippen molar-refractivity contribution in [2.45, 2.75) is 33.6 Å². The highest BCUT2D eigenvalue weighted by molar-refractivity contribution is 5.92. The van der Waals surface area contributed by atoms with Gasteiger partial charge in [0.05, 0.1) is 12.2 Å². The van der Waals surface area contributed by atoms with Crippen LogP contribution in [0.15, 0.2) is 51.7 Å². The molecule has 0 saturated heterocycles. The van der Waals surface area contributed by atoms with Gasteiger partial charge in [-0.15, -0.1) is 0 Å². The molecule has 1 heterocycles. The summed E-state index contributed by atoms with van der Waals surface area (Å²) < 4.78 is 15.9. The van der Waals surface area contributed by atoms with Crippen molar-refractivity contribution in [3.8, 4) is 5.75 Å². The molecular weight excluding hydrogens is 372 g/mol. The Hall–Kier alpha value is -3.41. The van der Waals surface area contributed by atoms with E-state index in [0.717, 1.165) is 16.5 Å². The van der Waals surface area contributed by atoms with Crippen LogP contribution in [0.3, 0.4) is 0 Å². The average Bonchev–Trinajstić information content (AvgIpc) is 2.67. The average molecular weight is 394 g/mol. The minimum Gasteiger partial charge on any atom is -0.466 e. The normalized spacial score (nSPS) is 10.7. The second-order valence-electron chi connectivity index (χ2n) is 6.77. The monoisotopic (exact) mass is 394 g/mol. The summed E-state index contributed by atoms with van der Waals surface area (Å²) in [6, 6.07) is 11.7. The van der Waals surface area contributed by atoms with E-state index in [0.29, 0.717) is 29.7 Å². The van der Waals surface area contributed by atoms with Crippen LogP contribution in [-0.4, -0.2) is 18.5 Å². The van der Waals surface area contributed by atoms with Crippen LogP contribution in [0, 0.1) is 13.8 Å². The molecule has 150 valence electrons. The van der Waals surface area contributed by atoms with Gasteiger partial charge in [0.2, 0.25) is 0 Å². The van der Waals surface area contributed by atoms with E-state index in [4.69, 9.17) is 13.9 Å². The number of hydrogen-bond acceptors (Lipinski definition) is 6. The molecule has 0 spiro atoms. The second-order valence-corrected chi connectivity index (χ2v) is 6.77. The molecule has 3 rings (SSSR count). The van der Waals surface area contributed by atoms with E-state index in [-0.39, 0.29) is 18.1 Å². The maximum absolute atomic E-state index is 12.6. The van der Waals surface area contributed by atoms with E-state index in [1.807, 2.05) is 19.1 Å².